The molecule has 80 heavy (non-hydrogen) atoms. The minimum Gasteiger partial charge on any atom is -0.466 e. The van der Waals surface area contributed by atoms with E-state index in [4.69, 9.17) is 4.74 Å². The standard InChI is InChI=1S/C74H143NO5/c1-3-5-7-9-11-13-15-17-18-19-36-39-43-46-50-54-58-62-66-72(77)71(70-76)75-73(78)67-63-59-55-51-47-44-40-37-34-32-30-28-26-24-22-20-21-23-25-27-29-31-33-35-38-41-45-49-53-57-61-65-69-80-74(79)68-64-60-56-52-48-42-16-14-12-10-8-6-4-2/h14,16,23,25,71-72,76-77H,3-13,15,17-22,24,26-70H2,1-2H3,(H,75,78)/b16-14-,25-23-. The molecule has 6 heteroatoms. The summed E-state index contributed by atoms with van der Waals surface area (Å²) in [6, 6.07) is -0.540. The number of aliphatic hydroxyl groups is 2. The molecule has 0 aliphatic carbocycles. The molecule has 0 aliphatic heterocycles. The predicted molar refractivity (Wildman–Crippen MR) is 352 cm³/mol. The lowest BCUT2D eigenvalue weighted by Crippen LogP contribution is -2.45. The van der Waals surface area contributed by atoms with Crippen LogP contribution in [0.2, 0.25) is 0 Å². The Labute approximate surface area is 501 Å². The summed E-state index contributed by atoms with van der Waals surface area (Å²) in [6.07, 6.45) is 88.1. The number of rotatable bonds is 69. The van der Waals surface area contributed by atoms with Gasteiger partial charge in [0.15, 0.2) is 0 Å². The minimum absolute atomic E-state index is 0.00958. The molecule has 0 heterocycles. The summed E-state index contributed by atoms with van der Waals surface area (Å²) in [4.78, 5) is 24.6. The summed E-state index contributed by atoms with van der Waals surface area (Å²) in [5.74, 6) is -0.0187. The maximum atomic E-state index is 12.5. The number of carbonyl (C=O) groups excluding carboxylic acids is 2. The van der Waals surface area contributed by atoms with E-state index < -0.39 is 12.1 Å². The zero-order valence-electron chi connectivity index (χ0n) is 54.3. The second-order valence-electron chi connectivity index (χ2n) is 25.3. The van der Waals surface area contributed by atoms with Crippen molar-refractivity contribution in [3.05, 3.63) is 24.3 Å². The summed E-state index contributed by atoms with van der Waals surface area (Å²) in [5, 5.41) is 23.4. The average molecular weight is 1130 g/mol. The number of esters is 1. The van der Waals surface area contributed by atoms with Crippen molar-refractivity contribution >= 4 is 11.9 Å². The van der Waals surface area contributed by atoms with Crippen molar-refractivity contribution in [1.29, 1.82) is 0 Å². The predicted octanol–water partition coefficient (Wildman–Crippen LogP) is 23.7. The molecular weight excluding hydrogens is 983 g/mol. The van der Waals surface area contributed by atoms with Crippen molar-refractivity contribution in [2.24, 2.45) is 0 Å². The Balaban J connectivity index is 3.35. The Bertz CT molecular complexity index is 1250. The number of allylic oxidation sites excluding steroid dienone is 4. The van der Waals surface area contributed by atoms with Crippen molar-refractivity contribution in [2.45, 2.75) is 424 Å². The molecule has 2 unspecified atom stereocenters. The summed E-state index contributed by atoms with van der Waals surface area (Å²) in [7, 11) is 0. The van der Waals surface area contributed by atoms with Gasteiger partial charge >= 0.3 is 5.97 Å². The van der Waals surface area contributed by atoms with E-state index in [1.165, 1.54) is 334 Å². The normalized spacial score (nSPS) is 12.6. The smallest absolute Gasteiger partial charge is 0.305 e. The van der Waals surface area contributed by atoms with Crippen LogP contribution >= 0.6 is 0 Å². The molecule has 0 saturated carbocycles. The van der Waals surface area contributed by atoms with Crippen LogP contribution in [-0.2, 0) is 14.3 Å². The van der Waals surface area contributed by atoms with Gasteiger partial charge in [0.1, 0.15) is 0 Å². The second kappa shape index (κ2) is 69.8. The highest BCUT2D eigenvalue weighted by atomic mass is 16.5. The van der Waals surface area contributed by atoms with Gasteiger partial charge in [0, 0.05) is 12.8 Å². The van der Waals surface area contributed by atoms with Gasteiger partial charge in [0.05, 0.1) is 25.4 Å². The fourth-order valence-electron chi connectivity index (χ4n) is 11.6. The van der Waals surface area contributed by atoms with Gasteiger partial charge in [0.25, 0.3) is 0 Å². The highest BCUT2D eigenvalue weighted by Crippen LogP contribution is 2.19. The Morgan fingerprint density at radius 3 is 0.900 bits per heavy atom. The molecule has 0 spiro atoms. The third-order valence-corrected chi connectivity index (χ3v) is 17.2. The first-order valence-corrected chi connectivity index (χ1v) is 36.6. The fraction of sp³-hybridized carbons (Fsp3) is 0.919. The first kappa shape index (κ1) is 78.3. The van der Waals surface area contributed by atoms with Gasteiger partial charge in [-0.3, -0.25) is 9.59 Å². The summed E-state index contributed by atoms with van der Waals surface area (Å²) >= 11 is 0. The molecule has 1 amide bonds. The molecule has 6 nitrogen and oxygen atoms in total. The zero-order valence-corrected chi connectivity index (χ0v) is 54.3. The van der Waals surface area contributed by atoms with Gasteiger partial charge in [-0.25, -0.2) is 0 Å². The first-order chi connectivity index (χ1) is 39.5. The number of amides is 1. The molecule has 0 radical (unpaired) electrons. The van der Waals surface area contributed by atoms with Crippen LogP contribution in [0.1, 0.15) is 412 Å². The number of nitrogens with one attached hydrogen (secondary N) is 1. The van der Waals surface area contributed by atoms with Gasteiger partial charge in [-0.15, -0.1) is 0 Å². The van der Waals surface area contributed by atoms with Crippen LogP contribution in [0, 0.1) is 0 Å². The molecular formula is C74H143NO5. The SMILES string of the molecule is CCCCCC/C=C\CCCCCCCC(=O)OCCCCCCCCCCCCCC/C=C\CCCCCCCCCCCCCCCCCCC(=O)NC(CO)C(O)CCCCCCCCCCCCCCCCCCCC. The number of aliphatic hydroxyl groups excluding tert-OH is 2. The lowest BCUT2D eigenvalue weighted by molar-refractivity contribution is -0.143. The monoisotopic (exact) mass is 1130 g/mol. The number of carbonyl (C=O) groups is 2. The molecule has 0 bridgehead atoms. The largest absolute Gasteiger partial charge is 0.466 e. The highest BCUT2D eigenvalue weighted by molar-refractivity contribution is 5.76. The lowest BCUT2D eigenvalue weighted by Gasteiger charge is -2.22. The molecule has 0 fully saturated rings. The van der Waals surface area contributed by atoms with Gasteiger partial charge in [0.2, 0.25) is 5.91 Å². The van der Waals surface area contributed by atoms with Gasteiger partial charge in [-0.05, 0) is 77.0 Å². The van der Waals surface area contributed by atoms with Crippen LogP contribution in [0.15, 0.2) is 24.3 Å². The van der Waals surface area contributed by atoms with Gasteiger partial charge in [-0.1, -0.05) is 346 Å². The molecule has 0 aliphatic rings. The number of hydrogen-bond acceptors (Lipinski definition) is 5. The van der Waals surface area contributed by atoms with E-state index >= 15 is 0 Å². The Morgan fingerprint density at radius 1 is 0.338 bits per heavy atom. The number of unbranched alkanes of at least 4 members (excludes halogenated alkanes) is 54. The molecule has 0 saturated heterocycles. The van der Waals surface area contributed by atoms with Gasteiger partial charge in [-0.2, -0.15) is 0 Å². The van der Waals surface area contributed by atoms with Crippen LogP contribution in [0.4, 0.5) is 0 Å². The highest BCUT2D eigenvalue weighted by Gasteiger charge is 2.20. The maximum Gasteiger partial charge on any atom is 0.305 e. The van der Waals surface area contributed by atoms with Crippen molar-refractivity contribution < 1.29 is 24.5 Å². The average Bonchev–Trinajstić information content (AvgIpc) is 3.46. The molecule has 0 aromatic rings. The summed E-state index contributed by atoms with van der Waals surface area (Å²) < 4.78 is 5.48. The third kappa shape index (κ3) is 65.5. The molecule has 0 aromatic carbocycles. The van der Waals surface area contributed by atoms with Crippen LogP contribution in [0.25, 0.3) is 0 Å². The zero-order chi connectivity index (χ0) is 57.8. The molecule has 0 aromatic heterocycles. The van der Waals surface area contributed by atoms with Crippen molar-refractivity contribution in [3.63, 3.8) is 0 Å². The van der Waals surface area contributed by atoms with Crippen LogP contribution in [-0.4, -0.2) is 47.4 Å². The maximum absolute atomic E-state index is 12.5. The van der Waals surface area contributed by atoms with Crippen LogP contribution in [0.3, 0.4) is 0 Å². The second-order valence-corrected chi connectivity index (χ2v) is 25.3. The van der Waals surface area contributed by atoms with Gasteiger partial charge < -0.3 is 20.3 Å². The van der Waals surface area contributed by atoms with E-state index in [0.29, 0.717) is 25.9 Å². The first-order valence-electron chi connectivity index (χ1n) is 36.6. The van der Waals surface area contributed by atoms with Crippen molar-refractivity contribution in [3.8, 4) is 0 Å². The summed E-state index contributed by atoms with van der Waals surface area (Å²) in [5.41, 5.74) is 0. The van der Waals surface area contributed by atoms with Crippen LogP contribution < -0.4 is 5.32 Å². The van der Waals surface area contributed by atoms with E-state index in [2.05, 4.69) is 43.5 Å². The molecule has 0 rings (SSSR count). The number of hydrogen-bond donors (Lipinski definition) is 3. The Hall–Kier alpha value is -1.66. The topological polar surface area (TPSA) is 95.9 Å². The molecule has 474 valence electrons. The Morgan fingerprint density at radius 2 is 0.588 bits per heavy atom. The number of ether oxygens (including phenoxy) is 1. The fourth-order valence-corrected chi connectivity index (χ4v) is 11.6. The van der Waals surface area contributed by atoms with Crippen LogP contribution in [0.5, 0.6) is 0 Å². The van der Waals surface area contributed by atoms with E-state index in [-0.39, 0.29) is 18.5 Å². The minimum atomic E-state index is -0.663. The lowest BCUT2D eigenvalue weighted by atomic mass is 10.0. The summed E-state index contributed by atoms with van der Waals surface area (Å²) in [6.45, 7) is 4.97. The van der Waals surface area contributed by atoms with E-state index in [9.17, 15) is 19.8 Å². The van der Waals surface area contributed by atoms with E-state index in [1.807, 2.05) is 0 Å². The van der Waals surface area contributed by atoms with E-state index in [1.54, 1.807) is 0 Å². The van der Waals surface area contributed by atoms with Crippen molar-refractivity contribution in [1.82, 2.24) is 5.32 Å². The molecule has 3 N–H and O–H groups in total. The Kier molecular flexibility index (Phi) is 68.4. The molecule has 2 atom stereocenters. The van der Waals surface area contributed by atoms with E-state index in [0.717, 1.165) is 44.9 Å². The van der Waals surface area contributed by atoms with Crippen molar-refractivity contribution in [2.75, 3.05) is 13.2 Å². The third-order valence-electron chi connectivity index (χ3n) is 17.2. The quantitative estimate of drug-likeness (QED) is 0.0320.